The van der Waals surface area contributed by atoms with Gasteiger partial charge in [-0.25, -0.2) is 13.1 Å². The molecule has 1 aromatic carbocycles. The van der Waals surface area contributed by atoms with Gasteiger partial charge in [-0.15, -0.1) is 0 Å². The van der Waals surface area contributed by atoms with E-state index < -0.39 is 10.0 Å². The highest BCUT2D eigenvalue weighted by atomic mass is 32.2. The molecular formula is C16H28N2O2S. The molecule has 1 aromatic rings. The van der Waals surface area contributed by atoms with E-state index in [2.05, 4.69) is 18.6 Å². The maximum Gasteiger partial charge on any atom is 0.242 e. The van der Waals surface area contributed by atoms with E-state index in [1.54, 1.807) is 25.1 Å². The van der Waals surface area contributed by atoms with Crippen LogP contribution in [-0.4, -0.2) is 15.0 Å². The summed E-state index contributed by atoms with van der Waals surface area (Å²) in [6, 6.07) is 5.14. The van der Waals surface area contributed by atoms with Crippen LogP contribution in [0.4, 0.5) is 5.69 Å². The fourth-order valence-corrected chi connectivity index (χ4v) is 3.78. The molecule has 120 valence electrons. The summed E-state index contributed by atoms with van der Waals surface area (Å²) in [5.41, 5.74) is 6.77. The fraction of sp³-hybridized carbons (Fsp3) is 0.625. The first kappa shape index (κ1) is 18.0. The molecule has 0 aliphatic rings. The van der Waals surface area contributed by atoms with Gasteiger partial charge in [-0.1, -0.05) is 51.7 Å². The lowest BCUT2D eigenvalue weighted by Crippen LogP contribution is -2.26. The van der Waals surface area contributed by atoms with Crippen molar-refractivity contribution in [2.75, 3.05) is 12.3 Å². The Bertz CT molecular complexity index is 519. The summed E-state index contributed by atoms with van der Waals surface area (Å²) in [7, 11) is -3.50. The second kappa shape index (κ2) is 8.39. The number of nitrogens with one attached hydrogen (secondary N) is 1. The Morgan fingerprint density at radius 3 is 2.43 bits per heavy atom. The predicted octanol–water partition coefficient (Wildman–Crippen LogP) is 3.46. The maximum absolute atomic E-state index is 12.3. The molecule has 21 heavy (non-hydrogen) atoms. The van der Waals surface area contributed by atoms with Crippen LogP contribution in [0.2, 0.25) is 0 Å². The van der Waals surface area contributed by atoms with Crippen LogP contribution < -0.4 is 10.5 Å². The zero-order chi connectivity index (χ0) is 15.9. The lowest BCUT2D eigenvalue weighted by atomic mass is 10.0. The van der Waals surface area contributed by atoms with Gasteiger partial charge in [0.1, 0.15) is 4.90 Å². The van der Waals surface area contributed by atoms with Gasteiger partial charge in [0.2, 0.25) is 10.0 Å². The molecule has 0 heterocycles. The van der Waals surface area contributed by atoms with Gasteiger partial charge in [0.05, 0.1) is 5.69 Å². The predicted molar refractivity (Wildman–Crippen MR) is 88.7 cm³/mol. The third-order valence-electron chi connectivity index (χ3n) is 3.51. The summed E-state index contributed by atoms with van der Waals surface area (Å²) in [4.78, 5) is 0.213. The number of hydrogen-bond donors (Lipinski definition) is 2. The quantitative estimate of drug-likeness (QED) is 0.542. The highest BCUT2D eigenvalue weighted by molar-refractivity contribution is 7.89. The second-order valence-electron chi connectivity index (χ2n) is 5.99. The largest absolute Gasteiger partial charge is 0.398 e. The number of rotatable bonds is 9. The van der Waals surface area contributed by atoms with Crippen LogP contribution in [0.1, 0.15) is 51.5 Å². The minimum Gasteiger partial charge on any atom is -0.398 e. The van der Waals surface area contributed by atoms with Crippen molar-refractivity contribution in [1.29, 1.82) is 0 Å². The summed E-state index contributed by atoms with van der Waals surface area (Å²) < 4.78 is 27.2. The third kappa shape index (κ3) is 6.06. The molecule has 0 spiro atoms. The summed E-state index contributed by atoms with van der Waals surface area (Å²) in [5.74, 6) is 0.743. The van der Waals surface area contributed by atoms with Gasteiger partial charge in [-0.05, 0) is 30.9 Å². The van der Waals surface area contributed by atoms with Crippen molar-refractivity contribution in [3.05, 3.63) is 23.8 Å². The average Bonchev–Trinajstić information content (AvgIpc) is 2.36. The van der Waals surface area contributed by atoms with E-state index in [-0.39, 0.29) is 4.90 Å². The SMILES string of the molecule is Cc1cccc(N)c1S(=O)(=O)NCCCCCCC(C)C. The van der Waals surface area contributed by atoms with Crippen molar-refractivity contribution in [3.63, 3.8) is 0 Å². The number of nitrogen functional groups attached to an aromatic ring is 1. The fourth-order valence-electron chi connectivity index (χ4n) is 2.35. The van der Waals surface area contributed by atoms with Crippen molar-refractivity contribution in [1.82, 2.24) is 4.72 Å². The zero-order valence-electron chi connectivity index (χ0n) is 13.4. The van der Waals surface area contributed by atoms with E-state index in [1.165, 1.54) is 12.8 Å². The first-order valence-corrected chi connectivity index (χ1v) is 9.17. The van der Waals surface area contributed by atoms with E-state index in [0.29, 0.717) is 17.8 Å². The van der Waals surface area contributed by atoms with Crippen molar-refractivity contribution in [2.45, 2.75) is 57.8 Å². The van der Waals surface area contributed by atoms with E-state index in [1.807, 2.05) is 0 Å². The Hall–Kier alpha value is -1.07. The first-order valence-electron chi connectivity index (χ1n) is 7.69. The number of hydrogen-bond acceptors (Lipinski definition) is 3. The van der Waals surface area contributed by atoms with Gasteiger partial charge >= 0.3 is 0 Å². The van der Waals surface area contributed by atoms with Gasteiger partial charge in [-0.3, -0.25) is 0 Å². The highest BCUT2D eigenvalue weighted by Gasteiger charge is 2.18. The number of unbranched alkanes of at least 4 members (excludes halogenated alkanes) is 3. The third-order valence-corrected chi connectivity index (χ3v) is 5.19. The van der Waals surface area contributed by atoms with Crippen molar-refractivity contribution >= 4 is 15.7 Å². The number of nitrogens with two attached hydrogens (primary N) is 1. The van der Waals surface area contributed by atoms with Crippen LogP contribution in [0.15, 0.2) is 23.1 Å². The van der Waals surface area contributed by atoms with Crippen LogP contribution in [0.3, 0.4) is 0 Å². The summed E-state index contributed by atoms with van der Waals surface area (Å²) in [6.45, 7) is 6.68. The molecule has 3 N–H and O–H groups in total. The Labute approximate surface area is 129 Å². The van der Waals surface area contributed by atoms with Crippen LogP contribution >= 0.6 is 0 Å². The van der Waals surface area contributed by atoms with Gasteiger partial charge in [-0.2, -0.15) is 0 Å². The smallest absolute Gasteiger partial charge is 0.242 e. The summed E-state index contributed by atoms with van der Waals surface area (Å²) in [5, 5.41) is 0. The monoisotopic (exact) mass is 312 g/mol. The standard InChI is InChI=1S/C16H28N2O2S/c1-13(2)9-6-4-5-7-12-18-21(19,20)16-14(3)10-8-11-15(16)17/h8,10-11,13,18H,4-7,9,12,17H2,1-3H3. The Morgan fingerprint density at radius 2 is 1.81 bits per heavy atom. The van der Waals surface area contributed by atoms with Crippen LogP contribution in [-0.2, 0) is 10.0 Å². The number of anilines is 1. The van der Waals surface area contributed by atoms with Crippen LogP contribution in [0.25, 0.3) is 0 Å². The molecule has 1 rings (SSSR count). The molecule has 4 nitrogen and oxygen atoms in total. The molecule has 0 saturated carbocycles. The second-order valence-corrected chi connectivity index (χ2v) is 7.69. The van der Waals surface area contributed by atoms with Gasteiger partial charge in [0.15, 0.2) is 0 Å². The molecule has 0 unspecified atom stereocenters. The van der Waals surface area contributed by atoms with Crippen molar-refractivity contribution in [2.24, 2.45) is 5.92 Å². The topological polar surface area (TPSA) is 72.2 Å². The Balaban J connectivity index is 2.41. The number of benzene rings is 1. The lowest BCUT2D eigenvalue weighted by Gasteiger charge is -2.11. The van der Waals surface area contributed by atoms with Crippen LogP contribution in [0.5, 0.6) is 0 Å². The van der Waals surface area contributed by atoms with E-state index in [9.17, 15) is 8.42 Å². The number of sulfonamides is 1. The van der Waals surface area contributed by atoms with Gasteiger partial charge in [0, 0.05) is 6.54 Å². The Morgan fingerprint density at radius 1 is 1.14 bits per heavy atom. The van der Waals surface area contributed by atoms with Crippen molar-refractivity contribution < 1.29 is 8.42 Å². The van der Waals surface area contributed by atoms with Gasteiger partial charge in [0.25, 0.3) is 0 Å². The molecule has 0 aliphatic heterocycles. The molecule has 0 amide bonds. The highest BCUT2D eigenvalue weighted by Crippen LogP contribution is 2.21. The summed E-state index contributed by atoms with van der Waals surface area (Å²) in [6.07, 6.45) is 5.54. The Kier molecular flexibility index (Phi) is 7.18. The van der Waals surface area contributed by atoms with E-state index >= 15 is 0 Å². The molecule has 0 atom stereocenters. The van der Waals surface area contributed by atoms with Gasteiger partial charge < -0.3 is 5.73 Å². The lowest BCUT2D eigenvalue weighted by molar-refractivity contribution is 0.517. The van der Waals surface area contributed by atoms with E-state index in [0.717, 1.165) is 25.2 Å². The normalized spacial score (nSPS) is 12.0. The molecule has 0 radical (unpaired) electrons. The molecule has 0 fully saturated rings. The molecular weight excluding hydrogens is 284 g/mol. The molecule has 0 bridgehead atoms. The molecule has 5 heteroatoms. The molecule has 0 aromatic heterocycles. The molecule has 0 saturated heterocycles. The molecule has 0 aliphatic carbocycles. The first-order chi connectivity index (χ1) is 9.84. The van der Waals surface area contributed by atoms with Crippen molar-refractivity contribution in [3.8, 4) is 0 Å². The minimum absolute atomic E-state index is 0.213. The summed E-state index contributed by atoms with van der Waals surface area (Å²) >= 11 is 0. The number of aryl methyl sites for hydroxylation is 1. The van der Waals surface area contributed by atoms with Crippen LogP contribution in [0, 0.1) is 12.8 Å². The average molecular weight is 312 g/mol. The zero-order valence-corrected chi connectivity index (χ0v) is 14.2. The maximum atomic E-state index is 12.3. The van der Waals surface area contributed by atoms with E-state index in [4.69, 9.17) is 5.73 Å². The minimum atomic E-state index is -3.50.